The van der Waals surface area contributed by atoms with Crippen molar-refractivity contribution in [1.29, 1.82) is 0 Å². The van der Waals surface area contributed by atoms with E-state index in [0.29, 0.717) is 12.0 Å². The second-order valence-electron chi connectivity index (χ2n) is 7.72. The van der Waals surface area contributed by atoms with Gasteiger partial charge in [-0.15, -0.1) is 0 Å². The van der Waals surface area contributed by atoms with Crippen molar-refractivity contribution in [3.63, 3.8) is 0 Å². The Morgan fingerprint density at radius 2 is 1.81 bits per heavy atom. The van der Waals surface area contributed by atoms with Crippen LogP contribution >= 0.6 is 0 Å². The summed E-state index contributed by atoms with van der Waals surface area (Å²) in [5.74, 6) is -0.275. The number of hydrogen-bond donors (Lipinski definition) is 1. The molecular formula is C24H25NO6. The van der Waals surface area contributed by atoms with Gasteiger partial charge in [-0.2, -0.15) is 0 Å². The van der Waals surface area contributed by atoms with Crippen LogP contribution in [0.2, 0.25) is 0 Å². The standard InChI is InChI=1S/C24H25NO6/c1-15(2)11-20(25-24(28)29-14-17-7-5-4-6-8-17)23(27)30-18-9-10-19-16(3)12-22(26)31-21(19)13-18/h4-10,12-13,15,20H,11,14H2,1-3H3,(H,25,28)/t20-/m0/s1. The Morgan fingerprint density at radius 1 is 1.06 bits per heavy atom. The summed E-state index contributed by atoms with van der Waals surface area (Å²) < 4.78 is 15.9. The quantitative estimate of drug-likeness (QED) is 0.345. The lowest BCUT2D eigenvalue weighted by Crippen LogP contribution is -2.44. The van der Waals surface area contributed by atoms with Crippen molar-refractivity contribution in [3.05, 3.63) is 76.1 Å². The highest BCUT2D eigenvalue weighted by Crippen LogP contribution is 2.23. The molecule has 0 aliphatic heterocycles. The van der Waals surface area contributed by atoms with Crippen molar-refractivity contribution in [3.8, 4) is 5.75 Å². The molecule has 3 aromatic rings. The summed E-state index contributed by atoms with van der Waals surface area (Å²) in [5.41, 5.74) is 1.46. The number of amides is 1. The zero-order chi connectivity index (χ0) is 22.4. The summed E-state index contributed by atoms with van der Waals surface area (Å²) in [6, 6.07) is 14.6. The van der Waals surface area contributed by atoms with Crippen molar-refractivity contribution in [2.24, 2.45) is 5.92 Å². The summed E-state index contributed by atoms with van der Waals surface area (Å²) in [7, 11) is 0. The van der Waals surface area contributed by atoms with Crippen LogP contribution < -0.4 is 15.7 Å². The fourth-order valence-corrected chi connectivity index (χ4v) is 3.15. The van der Waals surface area contributed by atoms with Gasteiger partial charge in [0.05, 0.1) is 0 Å². The second kappa shape index (κ2) is 9.93. The van der Waals surface area contributed by atoms with E-state index >= 15 is 0 Å². The van der Waals surface area contributed by atoms with Gasteiger partial charge in [0, 0.05) is 17.5 Å². The van der Waals surface area contributed by atoms with E-state index < -0.39 is 23.7 Å². The average Bonchev–Trinajstić information content (AvgIpc) is 2.72. The molecule has 7 nitrogen and oxygen atoms in total. The molecule has 1 atom stereocenters. The molecule has 0 bridgehead atoms. The molecule has 0 aliphatic carbocycles. The van der Waals surface area contributed by atoms with Crippen LogP contribution in [0.25, 0.3) is 11.0 Å². The Labute approximate surface area is 180 Å². The summed E-state index contributed by atoms with van der Waals surface area (Å²) in [5, 5.41) is 3.34. The zero-order valence-electron chi connectivity index (χ0n) is 17.7. The molecule has 2 aromatic carbocycles. The van der Waals surface area contributed by atoms with Crippen molar-refractivity contribution < 1.29 is 23.5 Å². The van der Waals surface area contributed by atoms with Gasteiger partial charge in [-0.25, -0.2) is 14.4 Å². The lowest BCUT2D eigenvalue weighted by atomic mass is 10.0. The molecule has 0 fully saturated rings. The number of esters is 1. The number of fused-ring (bicyclic) bond motifs is 1. The second-order valence-corrected chi connectivity index (χ2v) is 7.72. The smallest absolute Gasteiger partial charge is 0.408 e. The number of hydrogen-bond acceptors (Lipinski definition) is 6. The third kappa shape index (κ3) is 6.18. The van der Waals surface area contributed by atoms with Gasteiger partial charge in [-0.1, -0.05) is 44.2 Å². The molecule has 0 unspecified atom stereocenters. The minimum atomic E-state index is -0.886. The van der Waals surface area contributed by atoms with Gasteiger partial charge in [0.15, 0.2) is 0 Å². The van der Waals surface area contributed by atoms with E-state index in [0.717, 1.165) is 16.5 Å². The monoisotopic (exact) mass is 423 g/mol. The maximum absolute atomic E-state index is 12.7. The molecule has 0 radical (unpaired) electrons. The van der Waals surface area contributed by atoms with Crippen LogP contribution in [0.5, 0.6) is 5.75 Å². The minimum absolute atomic E-state index is 0.0964. The molecule has 0 saturated carbocycles. The van der Waals surface area contributed by atoms with Gasteiger partial charge in [-0.05, 0) is 42.5 Å². The van der Waals surface area contributed by atoms with Gasteiger partial charge in [0.2, 0.25) is 0 Å². The highest BCUT2D eigenvalue weighted by atomic mass is 16.6. The van der Waals surface area contributed by atoms with E-state index in [1.807, 2.05) is 44.2 Å². The van der Waals surface area contributed by atoms with E-state index in [2.05, 4.69) is 5.32 Å². The van der Waals surface area contributed by atoms with Crippen LogP contribution in [-0.4, -0.2) is 18.1 Å². The van der Waals surface area contributed by atoms with Gasteiger partial charge in [0.1, 0.15) is 24.0 Å². The normalized spacial score (nSPS) is 11.9. The van der Waals surface area contributed by atoms with E-state index in [1.54, 1.807) is 19.1 Å². The Morgan fingerprint density at radius 3 is 2.52 bits per heavy atom. The lowest BCUT2D eigenvalue weighted by molar-refractivity contribution is -0.137. The number of benzene rings is 2. The van der Waals surface area contributed by atoms with E-state index in [9.17, 15) is 14.4 Å². The van der Waals surface area contributed by atoms with E-state index in [1.165, 1.54) is 12.1 Å². The molecule has 0 saturated heterocycles. The van der Waals surface area contributed by atoms with Crippen LogP contribution in [0.15, 0.2) is 63.8 Å². The lowest BCUT2D eigenvalue weighted by Gasteiger charge is -2.19. The van der Waals surface area contributed by atoms with Crippen LogP contribution in [-0.2, 0) is 16.1 Å². The molecule has 1 amide bonds. The summed E-state index contributed by atoms with van der Waals surface area (Å²) in [4.78, 5) is 36.6. The minimum Gasteiger partial charge on any atom is -0.445 e. The molecular weight excluding hydrogens is 398 g/mol. The Balaban J connectivity index is 1.68. The van der Waals surface area contributed by atoms with Gasteiger partial charge in [-0.3, -0.25) is 0 Å². The first-order chi connectivity index (χ1) is 14.8. The van der Waals surface area contributed by atoms with Gasteiger partial charge >= 0.3 is 17.7 Å². The van der Waals surface area contributed by atoms with Crippen LogP contribution in [0.4, 0.5) is 4.79 Å². The number of aryl methyl sites for hydroxylation is 1. The first kappa shape index (κ1) is 22.1. The fourth-order valence-electron chi connectivity index (χ4n) is 3.15. The fraction of sp³-hybridized carbons (Fsp3) is 0.292. The first-order valence-corrected chi connectivity index (χ1v) is 10.0. The molecule has 7 heteroatoms. The van der Waals surface area contributed by atoms with Crippen LogP contribution in [0.3, 0.4) is 0 Å². The number of carbonyl (C=O) groups is 2. The molecule has 1 heterocycles. The largest absolute Gasteiger partial charge is 0.445 e. The summed E-state index contributed by atoms with van der Waals surface area (Å²) >= 11 is 0. The topological polar surface area (TPSA) is 94.8 Å². The van der Waals surface area contributed by atoms with Gasteiger partial charge in [0.25, 0.3) is 0 Å². The maximum atomic E-state index is 12.7. The third-order valence-corrected chi connectivity index (χ3v) is 4.64. The maximum Gasteiger partial charge on any atom is 0.408 e. The molecule has 162 valence electrons. The SMILES string of the molecule is Cc1cc(=O)oc2cc(OC(=O)[C@H](CC(C)C)NC(=O)OCc3ccccc3)ccc12. The summed E-state index contributed by atoms with van der Waals surface area (Å²) in [6.07, 6.45) is -0.326. The predicted octanol–water partition coefficient (Wildman–Crippen LogP) is 4.35. The van der Waals surface area contributed by atoms with Crippen molar-refractivity contribution >= 4 is 23.0 Å². The van der Waals surface area contributed by atoms with Gasteiger partial charge < -0.3 is 19.2 Å². The molecule has 31 heavy (non-hydrogen) atoms. The zero-order valence-corrected chi connectivity index (χ0v) is 17.7. The highest BCUT2D eigenvalue weighted by Gasteiger charge is 2.25. The first-order valence-electron chi connectivity index (χ1n) is 10.0. The number of alkyl carbamates (subject to hydrolysis) is 1. The van der Waals surface area contributed by atoms with Crippen LogP contribution in [0, 0.1) is 12.8 Å². The van der Waals surface area contributed by atoms with Crippen molar-refractivity contribution in [1.82, 2.24) is 5.32 Å². The predicted molar refractivity (Wildman–Crippen MR) is 116 cm³/mol. The molecule has 1 aromatic heterocycles. The average molecular weight is 423 g/mol. The molecule has 1 N–H and O–H groups in total. The van der Waals surface area contributed by atoms with E-state index in [-0.39, 0.29) is 18.3 Å². The highest BCUT2D eigenvalue weighted by molar-refractivity contribution is 5.85. The number of ether oxygens (including phenoxy) is 2. The number of carbonyl (C=O) groups excluding carboxylic acids is 2. The van der Waals surface area contributed by atoms with E-state index in [4.69, 9.17) is 13.9 Å². The molecule has 0 spiro atoms. The number of nitrogens with one attached hydrogen (secondary N) is 1. The Hall–Kier alpha value is -3.61. The Kier molecular flexibility index (Phi) is 7.07. The summed E-state index contributed by atoms with van der Waals surface area (Å²) in [6.45, 7) is 5.77. The molecule has 3 rings (SSSR count). The van der Waals surface area contributed by atoms with Crippen molar-refractivity contribution in [2.75, 3.05) is 0 Å². The Bertz CT molecular complexity index is 1120. The van der Waals surface area contributed by atoms with Crippen molar-refractivity contribution in [2.45, 2.75) is 39.8 Å². The number of rotatable bonds is 7. The third-order valence-electron chi connectivity index (χ3n) is 4.64. The van der Waals surface area contributed by atoms with Crippen LogP contribution in [0.1, 0.15) is 31.4 Å². The molecule has 0 aliphatic rings.